The summed E-state index contributed by atoms with van der Waals surface area (Å²) in [5.74, 6) is 0.000163. The predicted octanol–water partition coefficient (Wildman–Crippen LogP) is 6.56. The summed E-state index contributed by atoms with van der Waals surface area (Å²) in [6, 6.07) is 11.6. The van der Waals surface area contributed by atoms with E-state index in [1.54, 1.807) is 12.3 Å². The SMILES string of the molecule is CC(C)(C)OC(=O)N1[C@@H]2CC[C@H]1CN(c1nc(OCC34CCCN3C(CN)CC4)nc3c(F)c(-c4cccc5cccc(Cl)c45)ncc13)C2. The summed E-state index contributed by atoms with van der Waals surface area (Å²) in [6.07, 6.45) is 7.20. The van der Waals surface area contributed by atoms with Gasteiger partial charge in [0, 0.05) is 47.8 Å². The highest BCUT2D eigenvalue weighted by atomic mass is 35.5. The molecule has 12 heteroatoms. The number of anilines is 1. The monoisotopic (exact) mass is 687 g/mol. The summed E-state index contributed by atoms with van der Waals surface area (Å²) in [4.78, 5) is 34.1. The molecule has 8 rings (SSSR count). The van der Waals surface area contributed by atoms with Crippen LogP contribution in [0.3, 0.4) is 0 Å². The molecule has 4 aliphatic rings. The van der Waals surface area contributed by atoms with Crippen LogP contribution in [-0.2, 0) is 4.74 Å². The van der Waals surface area contributed by atoms with Crippen LogP contribution in [0.25, 0.3) is 32.9 Å². The van der Waals surface area contributed by atoms with E-state index in [9.17, 15) is 4.79 Å². The molecule has 10 nitrogen and oxygen atoms in total. The Hall–Kier alpha value is -3.80. The van der Waals surface area contributed by atoms with E-state index in [2.05, 4.69) is 14.8 Å². The largest absolute Gasteiger partial charge is 0.461 e. The van der Waals surface area contributed by atoms with Crippen LogP contribution < -0.4 is 15.4 Å². The summed E-state index contributed by atoms with van der Waals surface area (Å²) in [5, 5.41) is 2.64. The number of carbonyl (C=O) groups is 1. The van der Waals surface area contributed by atoms with Crippen molar-refractivity contribution in [1.82, 2.24) is 24.8 Å². The molecule has 0 radical (unpaired) electrons. The zero-order valence-corrected chi connectivity index (χ0v) is 29.0. The van der Waals surface area contributed by atoms with Crippen LogP contribution >= 0.6 is 11.6 Å². The number of hydrogen-bond acceptors (Lipinski definition) is 9. The fraction of sp³-hybridized carbons (Fsp3) is 0.514. The number of aromatic nitrogens is 3. The Kier molecular flexibility index (Phi) is 8.07. The molecule has 0 aliphatic carbocycles. The molecule has 2 bridgehead atoms. The van der Waals surface area contributed by atoms with Crippen LogP contribution in [-0.4, -0.2) is 92.9 Å². The molecule has 0 saturated carbocycles. The maximum Gasteiger partial charge on any atom is 0.410 e. The Morgan fingerprint density at radius 1 is 1.08 bits per heavy atom. The number of nitrogens with two attached hydrogens (primary N) is 1. The molecule has 4 aliphatic heterocycles. The molecule has 4 saturated heterocycles. The summed E-state index contributed by atoms with van der Waals surface area (Å²) in [5.41, 5.74) is 6.32. The van der Waals surface area contributed by atoms with Gasteiger partial charge in [-0.15, -0.1) is 0 Å². The van der Waals surface area contributed by atoms with Crippen molar-refractivity contribution in [2.75, 3.05) is 37.7 Å². The van der Waals surface area contributed by atoms with Crippen LogP contribution in [0.2, 0.25) is 5.02 Å². The van der Waals surface area contributed by atoms with Gasteiger partial charge in [-0.2, -0.15) is 9.97 Å². The lowest BCUT2D eigenvalue weighted by atomic mass is 9.95. The highest BCUT2D eigenvalue weighted by Crippen LogP contribution is 2.43. The van der Waals surface area contributed by atoms with Gasteiger partial charge in [-0.25, -0.2) is 9.18 Å². The van der Waals surface area contributed by atoms with E-state index in [0.717, 1.165) is 55.8 Å². The van der Waals surface area contributed by atoms with Crippen molar-refractivity contribution in [2.45, 2.75) is 88.6 Å². The van der Waals surface area contributed by atoms with Crippen molar-refractivity contribution in [1.29, 1.82) is 0 Å². The molecule has 1 amide bonds. The van der Waals surface area contributed by atoms with Crippen LogP contribution in [0.4, 0.5) is 15.0 Å². The van der Waals surface area contributed by atoms with Crippen molar-refractivity contribution < 1.29 is 18.7 Å². The average molecular weight is 688 g/mol. The van der Waals surface area contributed by atoms with Gasteiger partial charge in [0.05, 0.1) is 23.0 Å². The minimum Gasteiger partial charge on any atom is -0.461 e. The normalized spacial score (nSPS) is 25.4. The Labute approximate surface area is 290 Å². The van der Waals surface area contributed by atoms with Gasteiger partial charge in [-0.3, -0.25) is 14.8 Å². The molecule has 4 atom stereocenters. The molecule has 4 fully saturated rings. The number of fused-ring (bicyclic) bond motifs is 5. The maximum atomic E-state index is 16.9. The first-order chi connectivity index (χ1) is 23.5. The molecule has 2 aromatic carbocycles. The fourth-order valence-corrected chi connectivity index (χ4v) is 9.04. The minimum absolute atomic E-state index is 0.0597. The van der Waals surface area contributed by atoms with Gasteiger partial charge in [0.25, 0.3) is 0 Å². The third-order valence-electron chi connectivity index (χ3n) is 10.9. The Balaban J connectivity index is 1.19. The van der Waals surface area contributed by atoms with Crippen molar-refractivity contribution >= 4 is 45.2 Å². The van der Waals surface area contributed by atoms with E-state index in [1.807, 2.05) is 56.0 Å². The van der Waals surface area contributed by atoms with Crippen molar-refractivity contribution in [3.63, 3.8) is 0 Å². The lowest BCUT2D eigenvalue weighted by molar-refractivity contribution is 0.0122. The average Bonchev–Trinajstić information content (AvgIpc) is 3.72. The molecule has 2 aromatic heterocycles. The number of amides is 1. The Morgan fingerprint density at radius 3 is 2.57 bits per heavy atom. The quantitative estimate of drug-likeness (QED) is 0.241. The van der Waals surface area contributed by atoms with Crippen molar-refractivity contribution in [3.05, 3.63) is 53.4 Å². The first-order valence-electron chi connectivity index (χ1n) is 17.4. The number of carbonyl (C=O) groups excluding carboxylic acids is 1. The number of nitrogens with zero attached hydrogens (tertiary/aromatic N) is 6. The van der Waals surface area contributed by atoms with Crippen LogP contribution in [0.1, 0.15) is 59.3 Å². The molecule has 4 aromatic rings. The number of hydrogen-bond donors (Lipinski definition) is 1. The van der Waals surface area contributed by atoms with Gasteiger partial charge in [0.1, 0.15) is 29.2 Å². The molecule has 49 heavy (non-hydrogen) atoms. The Morgan fingerprint density at radius 2 is 1.84 bits per heavy atom. The third kappa shape index (κ3) is 5.63. The number of rotatable bonds is 6. The molecule has 0 spiro atoms. The second-order valence-electron chi connectivity index (χ2n) is 15.1. The lowest BCUT2D eigenvalue weighted by Crippen LogP contribution is -2.57. The summed E-state index contributed by atoms with van der Waals surface area (Å²) in [7, 11) is 0. The second kappa shape index (κ2) is 12.2. The zero-order chi connectivity index (χ0) is 34.1. The van der Waals surface area contributed by atoms with E-state index < -0.39 is 11.4 Å². The van der Waals surface area contributed by atoms with E-state index >= 15 is 4.39 Å². The highest BCUT2D eigenvalue weighted by molar-refractivity contribution is 6.36. The van der Waals surface area contributed by atoms with E-state index in [4.69, 9.17) is 36.8 Å². The van der Waals surface area contributed by atoms with Gasteiger partial charge >= 0.3 is 12.1 Å². The van der Waals surface area contributed by atoms with Crippen molar-refractivity contribution in [3.8, 4) is 17.3 Å². The predicted molar refractivity (Wildman–Crippen MR) is 189 cm³/mol. The number of halogens is 2. The number of ether oxygens (including phenoxy) is 2. The minimum atomic E-state index is -0.587. The molecular formula is C37H43ClFN7O3. The van der Waals surface area contributed by atoms with E-state index in [0.29, 0.717) is 54.1 Å². The molecule has 2 unspecified atom stereocenters. The Bertz CT molecular complexity index is 1920. The smallest absolute Gasteiger partial charge is 0.410 e. The summed E-state index contributed by atoms with van der Waals surface area (Å²) >= 11 is 6.65. The summed E-state index contributed by atoms with van der Waals surface area (Å²) < 4.78 is 29.2. The number of pyridine rings is 1. The van der Waals surface area contributed by atoms with Gasteiger partial charge in [0.2, 0.25) is 0 Å². The second-order valence-corrected chi connectivity index (χ2v) is 15.5. The van der Waals surface area contributed by atoms with Crippen LogP contribution in [0, 0.1) is 5.82 Å². The molecule has 6 heterocycles. The molecular weight excluding hydrogens is 645 g/mol. The first kappa shape index (κ1) is 32.4. The maximum absolute atomic E-state index is 16.9. The lowest BCUT2D eigenvalue weighted by Gasteiger charge is -2.42. The molecule has 2 N–H and O–H groups in total. The van der Waals surface area contributed by atoms with Gasteiger partial charge in [-0.1, -0.05) is 41.9 Å². The van der Waals surface area contributed by atoms with Gasteiger partial charge < -0.3 is 20.1 Å². The molecule has 258 valence electrons. The fourth-order valence-electron chi connectivity index (χ4n) is 8.76. The topological polar surface area (TPSA) is 110 Å². The number of piperazine rings is 1. The van der Waals surface area contributed by atoms with E-state index in [-0.39, 0.29) is 40.9 Å². The highest BCUT2D eigenvalue weighted by Gasteiger charge is 2.49. The van der Waals surface area contributed by atoms with Crippen LogP contribution in [0.5, 0.6) is 6.01 Å². The summed E-state index contributed by atoms with van der Waals surface area (Å²) in [6.45, 7) is 8.72. The number of benzene rings is 2. The standard InChI is InChI=1S/C37H43ClFN7O3/c1-36(2,3)49-35(47)46-24-11-12-25(46)20-44(19-24)33-27-18-41-31(26-9-4-7-22-8-5-10-28(38)29(22)26)30(39)32(27)42-34(43-33)48-21-37-14-6-16-45(37)23(17-40)13-15-37/h4-5,7-10,18,23-25H,6,11-17,19-21,40H2,1-3H3/t23?,24-,25+,37?. The third-order valence-corrected chi connectivity index (χ3v) is 11.2. The van der Waals surface area contributed by atoms with Crippen molar-refractivity contribution in [2.24, 2.45) is 5.73 Å². The van der Waals surface area contributed by atoms with Gasteiger partial charge in [-0.05, 0) is 77.3 Å². The van der Waals surface area contributed by atoms with E-state index in [1.165, 1.54) is 0 Å². The van der Waals surface area contributed by atoms with Crippen LogP contribution in [0.15, 0.2) is 42.6 Å². The zero-order valence-electron chi connectivity index (χ0n) is 28.3. The first-order valence-corrected chi connectivity index (χ1v) is 17.8. The van der Waals surface area contributed by atoms with Gasteiger partial charge in [0.15, 0.2) is 5.82 Å².